The molecule has 1 aromatic carbocycles. The van der Waals surface area contributed by atoms with Crippen molar-refractivity contribution in [2.24, 2.45) is 0 Å². The van der Waals surface area contributed by atoms with Crippen LogP contribution in [-0.2, 0) is 6.18 Å². The van der Waals surface area contributed by atoms with Gasteiger partial charge in [-0.2, -0.15) is 13.2 Å². The summed E-state index contributed by atoms with van der Waals surface area (Å²) >= 11 is 0. The maximum atomic E-state index is 12.9. The minimum atomic E-state index is -4.37. The number of benzene rings is 1. The summed E-state index contributed by atoms with van der Waals surface area (Å²) in [5, 5.41) is 0. The lowest BCUT2D eigenvalue weighted by atomic mass is 9.72. The Morgan fingerprint density at radius 2 is 1.91 bits per heavy atom. The van der Waals surface area contributed by atoms with Gasteiger partial charge >= 0.3 is 6.18 Å². The molecule has 0 radical (unpaired) electrons. The average molecular weight is 312 g/mol. The number of nitrogens with one attached hydrogen (secondary N) is 2. The Morgan fingerprint density at radius 3 is 2.45 bits per heavy atom. The Kier molecular flexibility index (Phi) is 3.99. The molecular formula is C16H19F3N2O. The van der Waals surface area contributed by atoms with Crippen LogP contribution in [0.2, 0.25) is 0 Å². The fraction of sp³-hybridized carbons (Fsp3) is 0.562. The fourth-order valence-corrected chi connectivity index (χ4v) is 3.68. The fourth-order valence-electron chi connectivity index (χ4n) is 3.68. The van der Waals surface area contributed by atoms with E-state index >= 15 is 0 Å². The Balaban J connectivity index is 1.83. The number of carbonyl (C=O) groups is 1. The van der Waals surface area contributed by atoms with Crippen LogP contribution in [-0.4, -0.2) is 18.4 Å². The van der Waals surface area contributed by atoms with Crippen LogP contribution in [0.25, 0.3) is 0 Å². The third-order valence-electron chi connectivity index (χ3n) is 5.01. The zero-order valence-corrected chi connectivity index (χ0v) is 12.2. The smallest absolute Gasteiger partial charge is 0.298 e. The average Bonchev–Trinajstić information content (AvgIpc) is 2.95. The van der Waals surface area contributed by atoms with Crippen molar-refractivity contribution in [1.82, 2.24) is 10.9 Å². The molecule has 0 aromatic heterocycles. The lowest BCUT2D eigenvalue weighted by Crippen LogP contribution is -2.46. The van der Waals surface area contributed by atoms with Crippen LogP contribution in [0.5, 0.6) is 0 Å². The van der Waals surface area contributed by atoms with E-state index in [1.54, 1.807) is 0 Å². The van der Waals surface area contributed by atoms with E-state index in [0.29, 0.717) is 17.4 Å². The van der Waals surface area contributed by atoms with E-state index < -0.39 is 11.7 Å². The first-order valence-corrected chi connectivity index (χ1v) is 7.60. The molecule has 2 fully saturated rings. The molecule has 1 aliphatic carbocycles. The third-order valence-corrected chi connectivity index (χ3v) is 5.01. The van der Waals surface area contributed by atoms with Gasteiger partial charge in [-0.15, -0.1) is 0 Å². The van der Waals surface area contributed by atoms with E-state index in [1.807, 2.05) is 0 Å². The van der Waals surface area contributed by atoms with E-state index in [4.69, 9.17) is 0 Å². The summed E-state index contributed by atoms with van der Waals surface area (Å²) in [6.45, 7) is 0.924. The Labute approximate surface area is 127 Å². The molecule has 2 N–H and O–H groups in total. The molecule has 3 rings (SSSR count). The Hall–Kier alpha value is -1.40. The van der Waals surface area contributed by atoms with Gasteiger partial charge in [0.2, 0.25) is 0 Å². The number of hydrogen-bond acceptors (Lipinski definition) is 3. The monoisotopic (exact) mass is 312 g/mol. The predicted octanol–water partition coefficient (Wildman–Crippen LogP) is 3.41. The van der Waals surface area contributed by atoms with Crippen molar-refractivity contribution in [3.63, 3.8) is 0 Å². The zero-order chi connectivity index (χ0) is 15.8. The summed E-state index contributed by atoms with van der Waals surface area (Å²) in [4.78, 5) is 11.2. The van der Waals surface area contributed by atoms with E-state index in [0.717, 1.165) is 50.8 Å². The standard InChI is InChI=1S/C16H19F3N2O/c17-16(18,19)13-2-1-12(10-22)14(9-13)11-3-5-15(6-4-11)7-8-20-21-15/h1-2,9-11,20-21H,3-8H2. The van der Waals surface area contributed by atoms with Crippen molar-refractivity contribution in [3.05, 3.63) is 34.9 Å². The van der Waals surface area contributed by atoms with E-state index in [9.17, 15) is 18.0 Å². The molecule has 1 heterocycles. The highest BCUT2D eigenvalue weighted by molar-refractivity contribution is 5.78. The van der Waals surface area contributed by atoms with Gasteiger partial charge < -0.3 is 0 Å². The molecule has 1 saturated heterocycles. The third kappa shape index (κ3) is 2.90. The molecule has 120 valence electrons. The van der Waals surface area contributed by atoms with Gasteiger partial charge in [0.25, 0.3) is 0 Å². The van der Waals surface area contributed by atoms with Gasteiger partial charge in [0, 0.05) is 17.6 Å². The van der Waals surface area contributed by atoms with Gasteiger partial charge in [-0.1, -0.05) is 6.07 Å². The second-order valence-corrected chi connectivity index (χ2v) is 6.32. The molecule has 0 bridgehead atoms. The first-order valence-electron chi connectivity index (χ1n) is 7.60. The SMILES string of the molecule is O=Cc1ccc(C(F)(F)F)cc1C1CCC2(CCNN2)CC1. The van der Waals surface area contributed by atoms with Gasteiger partial charge in [-0.25, -0.2) is 0 Å². The largest absolute Gasteiger partial charge is 0.416 e. The van der Waals surface area contributed by atoms with Crippen molar-refractivity contribution in [2.45, 2.75) is 49.7 Å². The lowest BCUT2D eigenvalue weighted by molar-refractivity contribution is -0.137. The van der Waals surface area contributed by atoms with Gasteiger partial charge in [0.15, 0.2) is 0 Å². The molecule has 0 unspecified atom stereocenters. The molecular weight excluding hydrogens is 293 g/mol. The van der Waals surface area contributed by atoms with E-state index in [1.165, 1.54) is 6.07 Å². The van der Waals surface area contributed by atoms with Crippen LogP contribution in [0.15, 0.2) is 18.2 Å². The van der Waals surface area contributed by atoms with Crippen molar-refractivity contribution < 1.29 is 18.0 Å². The maximum absolute atomic E-state index is 12.9. The second kappa shape index (κ2) is 5.66. The van der Waals surface area contributed by atoms with Crippen molar-refractivity contribution in [2.75, 3.05) is 6.54 Å². The highest BCUT2D eigenvalue weighted by Gasteiger charge is 2.39. The van der Waals surface area contributed by atoms with Crippen LogP contribution in [0.3, 0.4) is 0 Å². The number of carbonyl (C=O) groups excluding carboxylic acids is 1. The summed E-state index contributed by atoms with van der Waals surface area (Å²) in [6, 6.07) is 3.44. The van der Waals surface area contributed by atoms with Crippen LogP contribution >= 0.6 is 0 Å². The first-order chi connectivity index (χ1) is 10.4. The van der Waals surface area contributed by atoms with Gasteiger partial charge in [-0.05, 0) is 55.7 Å². The maximum Gasteiger partial charge on any atom is 0.416 e. The summed E-state index contributed by atoms with van der Waals surface area (Å²) < 4.78 is 38.7. The number of hydrazine groups is 1. The van der Waals surface area contributed by atoms with Gasteiger partial charge in [-0.3, -0.25) is 15.6 Å². The number of halogens is 3. The molecule has 3 nitrogen and oxygen atoms in total. The van der Waals surface area contributed by atoms with Crippen molar-refractivity contribution in [1.29, 1.82) is 0 Å². The topological polar surface area (TPSA) is 41.1 Å². The molecule has 0 amide bonds. The zero-order valence-electron chi connectivity index (χ0n) is 12.2. The predicted molar refractivity (Wildman–Crippen MR) is 76.5 cm³/mol. The second-order valence-electron chi connectivity index (χ2n) is 6.32. The van der Waals surface area contributed by atoms with Crippen LogP contribution in [0.4, 0.5) is 13.2 Å². The molecule has 2 aliphatic rings. The van der Waals surface area contributed by atoms with Crippen molar-refractivity contribution >= 4 is 6.29 Å². The molecule has 6 heteroatoms. The van der Waals surface area contributed by atoms with Gasteiger partial charge in [0.1, 0.15) is 6.29 Å². The molecule has 0 atom stereocenters. The quantitative estimate of drug-likeness (QED) is 0.822. The minimum Gasteiger partial charge on any atom is -0.298 e. The number of rotatable bonds is 2. The number of aldehydes is 1. The highest BCUT2D eigenvalue weighted by Crippen LogP contribution is 2.42. The molecule has 22 heavy (non-hydrogen) atoms. The van der Waals surface area contributed by atoms with Crippen LogP contribution < -0.4 is 10.9 Å². The Morgan fingerprint density at radius 1 is 1.18 bits per heavy atom. The molecule has 1 aromatic rings. The Bertz CT molecular complexity index is 555. The van der Waals surface area contributed by atoms with Gasteiger partial charge in [0.05, 0.1) is 5.56 Å². The van der Waals surface area contributed by atoms with Crippen LogP contribution in [0, 0.1) is 0 Å². The van der Waals surface area contributed by atoms with Crippen molar-refractivity contribution in [3.8, 4) is 0 Å². The normalized spacial score (nSPS) is 29.0. The van der Waals surface area contributed by atoms with E-state index in [2.05, 4.69) is 10.9 Å². The van der Waals surface area contributed by atoms with Crippen LogP contribution in [0.1, 0.15) is 59.5 Å². The summed E-state index contributed by atoms with van der Waals surface area (Å²) in [6.07, 6.45) is 0.771. The summed E-state index contributed by atoms with van der Waals surface area (Å²) in [7, 11) is 0. The molecule has 1 spiro atoms. The first kappa shape index (κ1) is 15.5. The lowest BCUT2D eigenvalue weighted by Gasteiger charge is -2.37. The molecule has 1 aliphatic heterocycles. The highest BCUT2D eigenvalue weighted by atomic mass is 19.4. The number of alkyl halides is 3. The summed E-state index contributed by atoms with van der Waals surface area (Å²) in [5.74, 6) is 0.0236. The molecule has 1 saturated carbocycles. The number of hydrogen-bond donors (Lipinski definition) is 2. The summed E-state index contributed by atoms with van der Waals surface area (Å²) in [5.41, 5.74) is 6.78. The van der Waals surface area contributed by atoms with E-state index in [-0.39, 0.29) is 11.5 Å². The minimum absolute atomic E-state index is 0.0236.